The van der Waals surface area contributed by atoms with Crippen LogP contribution < -0.4 is 4.74 Å². The Morgan fingerprint density at radius 2 is 1.50 bits per heavy atom. The monoisotopic (exact) mass is 300 g/mol. The first-order valence-corrected chi connectivity index (χ1v) is 6.24. The van der Waals surface area contributed by atoms with Gasteiger partial charge < -0.3 is 14.9 Å². The number of carboxylic acids is 2. The summed E-state index contributed by atoms with van der Waals surface area (Å²) in [6.07, 6.45) is 0. The molecule has 22 heavy (non-hydrogen) atoms. The van der Waals surface area contributed by atoms with Gasteiger partial charge in [-0.15, -0.1) is 0 Å². The van der Waals surface area contributed by atoms with Crippen molar-refractivity contribution in [3.05, 3.63) is 64.7 Å². The van der Waals surface area contributed by atoms with E-state index in [1.807, 2.05) is 0 Å². The molecule has 0 aromatic heterocycles. The minimum Gasteiger partial charge on any atom is -0.496 e. The van der Waals surface area contributed by atoms with Gasteiger partial charge in [0, 0.05) is 5.56 Å². The highest BCUT2D eigenvalue weighted by Gasteiger charge is 2.21. The van der Waals surface area contributed by atoms with E-state index in [2.05, 4.69) is 0 Å². The minimum absolute atomic E-state index is 0.00361. The van der Waals surface area contributed by atoms with E-state index in [0.717, 1.165) is 0 Å². The van der Waals surface area contributed by atoms with Crippen molar-refractivity contribution in [1.29, 1.82) is 0 Å². The highest BCUT2D eigenvalue weighted by Crippen LogP contribution is 2.24. The predicted molar refractivity (Wildman–Crippen MR) is 76.8 cm³/mol. The third kappa shape index (κ3) is 2.80. The molecule has 0 aliphatic carbocycles. The van der Waals surface area contributed by atoms with Crippen LogP contribution in [0.1, 0.15) is 36.6 Å². The number of methoxy groups -OCH3 is 1. The van der Waals surface area contributed by atoms with Crippen molar-refractivity contribution in [3.63, 3.8) is 0 Å². The van der Waals surface area contributed by atoms with E-state index in [0.29, 0.717) is 0 Å². The van der Waals surface area contributed by atoms with Crippen LogP contribution in [0, 0.1) is 0 Å². The number of benzene rings is 2. The van der Waals surface area contributed by atoms with Crippen molar-refractivity contribution in [2.75, 3.05) is 7.11 Å². The average molecular weight is 300 g/mol. The average Bonchev–Trinajstić information content (AvgIpc) is 2.53. The molecule has 6 heteroatoms. The fourth-order valence-electron chi connectivity index (χ4n) is 2.03. The standard InChI is InChI=1S/C16H12O6/c1-22-13-7-6-9(15(18)19)8-12(13)14(17)10-4-2-3-5-11(10)16(20)21/h2-8H,1H3,(H,18,19)(H,20,21). The zero-order valence-corrected chi connectivity index (χ0v) is 11.6. The zero-order chi connectivity index (χ0) is 16.3. The quantitative estimate of drug-likeness (QED) is 0.822. The molecule has 0 aliphatic heterocycles. The molecule has 112 valence electrons. The number of rotatable bonds is 5. The van der Waals surface area contributed by atoms with Crippen molar-refractivity contribution < 1.29 is 29.3 Å². The zero-order valence-electron chi connectivity index (χ0n) is 11.6. The Morgan fingerprint density at radius 3 is 2.05 bits per heavy atom. The number of aromatic carboxylic acids is 2. The maximum atomic E-state index is 12.6. The first kappa shape index (κ1) is 15.2. The van der Waals surface area contributed by atoms with Gasteiger partial charge in [-0.3, -0.25) is 4.79 Å². The maximum absolute atomic E-state index is 12.6. The summed E-state index contributed by atoms with van der Waals surface area (Å²) < 4.78 is 5.06. The summed E-state index contributed by atoms with van der Waals surface area (Å²) in [5, 5.41) is 18.2. The van der Waals surface area contributed by atoms with Crippen LogP contribution in [0.4, 0.5) is 0 Å². The summed E-state index contributed by atoms with van der Waals surface area (Å²) in [6.45, 7) is 0. The van der Waals surface area contributed by atoms with Gasteiger partial charge in [0.1, 0.15) is 5.75 Å². The van der Waals surface area contributed by atoms with Crippen LogP contribution in [0.15, 0.2) is 42.5 Å². The molecule has 2 aromatic carbocycles. The molecule has 0 aliphatic rings. The van der Waals surface area contributed by atoms with Gasteiger partial charge in [-0.25, -0.2) is 9.59 Å². The van der Waals surface area contributed by atoms with E-state index >= 15 is 0 Å². The number of hydrogen-bond donors (Lipinski definition) is 2. The van der Waals surface area contributed by atoms with Crippen LogP contribution in [0.5, 0.6) is 5.75 Å². The molecule has 0 bridgehead atoms. The van der Waals surface area contributed by atoms with Gasteiger partial charge in [-0.05, 0) is 24.3 Å². The maximum Gasteiger partial charge on any atom is 0.336 e. The van der Waals surface area contributed by atoms with Crippen molar-refractivity contribution in [2.24, 2.45) is 0 Å². The van der Waals surface area contributed by atoms with Crippen LogP contribution >= 0.6 is 0 Å². The summed E-state index contributed by atoms with van der Waals surface area (Å²) in [5.41, 5.74) is -0.279. The Balaban J connectivity index is 2.61. The van der Waals surface area contributed by atoms with Gasteiger partial charge >= 0.3 is 11.9 Å². The van der Waals surface area contributed by atoms with Gasteiger partial charge in [0.2, 0.25) is 0 Å². The van der Waals surface area contributed by atoms with Gasteiger partial charge in [0.05, 0.1) is 23.8 Å². The Bertz CT molecular complexity index is 763. The molecule has 0 saturated carbocycles. The summed E-state index contributed by atoms with van der Waals surface area (Å²) >= 11 is 0. The molecule has 0 atom stereocenters. The van der Waals surface area contributed by atoms with Gasteiger partial charge in [-0.2, -0.15) is 0 Å². The molecular weight excluding hydrogens is 288 g/mol. The Kier molecular flexibility index (Phi) is 4.22. The summed E-state index contributed by atoms with van der Waals surface area (Å²) in [7, 11) is 1.34. The molecule has 0 fully saturated rings. The van der Waals surface area contributed by atoms with Crippen molar-refractivity contribution in [2.45, 2.75) is 0 Å². The highest BCUT2D eigenvalue weighted by molar-refractivity contribution is 6.16. The molecule has 2 aromatic rings. The number of carbonyl (C=O) groups excluding carboxylic acids is 1. The minimum atomic E-state index is -1.24. The fourth-order valence-corrected chi connectivity index (χ4v) is 2.03. The summed E-state index contributed by atoms with van der Waals surface area (Å²) in [6, 6.07) is 9.56. The molecule has 0 unspecified atom stereocenters. The lowest BCUT2D eigenvalue weighted by atomic mass is 9.96. The van der Waals surface area contributed by atoms with E-state index in [-0.39, 0.29) is 28.0 Å². The Morgan fingerprint density at radius 1 is 0.864 bits per heavy atom. The van der Waals surface area contributed by atoms with Crippen LogP contribution in [0.3, 0.4) is 0 Å². The van der Waals surface area contributed by atoms with E-state index in [9.17, 15) is 14.4 Å². The van der Waals surface area contributed by atoms with Crippen LogP contribution in [-0.2, 0) is 0 Å². The predicted octanol–water partition coefficient (Wildman–Crippen LogP) is 2.32. The second kappa shape index (κ2) is 6.09. The lowest BCUT2D eigenvalue weighted by Crippen LogP contribution is -2.11. The molecule has 0 amide bonds. The van der Waals surface area contributed by atoms with Gasteiger partial charge in [-0.1, -0.05) is 18.2 Å². The van der Waals surface area contributed by atoms with E-state index < -0.39 is 17.7 Å². The summed E-state index contributed by atoms with van der Waals surface area (Å²) in [5.74, 6) is -2.87. The Labute approximate surface area is 125 Å². The van der Waals surface area contributed by atoms with Crippen LogP contribution in [-0.4, -0.2) is 35.0 Å². The SMILES string of the molecule is COc1ccc(C(=O)O)cc1C(=O)c1ccccc1C(=O)O. The third-order valence-electron chi connectivity index (χ3n) is 3.09. The van der Waals surface area contributed by atoms with Gasteiger partial charge in [0.25, 0.3) is 0 Å². The normalized spacial score (nSPS) is 10.0. The van der Waals surface area contributed by atoms with Gasteiger partial charge in [0.15, 0.2) is 5.78 Å². The second-order valence-electron chi connectivity index (χ2n) is 4.40. The molecule has 0 spiro atoms. The van der Waals surface area contributed by atoms with Crippen molar-refractivity contribution in [1.82, 2.24) is 0 Å². The first-order valence-electron chi connectivity index (χ1n) is 6.24. The molecule has 6 nitrogen and oxygen atoms in total. The molecule has 2 rings (SSSR count). The van der Waals surface area contributed by atoms with Crippen molar-refractivity contribution in [3.8, 4) is 5.75 Å². The largest absolute Gasteiger partial charge is 0.496 e. The Hall–Kier alpha value is -3.15. The fraction of sp³-hybridized carbons (Fsp3) is 0.0625. The topological polar surface area (TPSA) is 101 Å². The number of ether oxygens (including phenoxy) is 1. The molecule has 0 saturated heterocycles. The highest BCUT2D eigenvalue weighted by atomic mass is 16.5. The number of ketones is 1. The second-order valence-corrected chi connectivity index (χ2v) is 4.40. The van der Waals surface area contributed by atoms with Crippen LogP contribution in [0.2, 0.25) is 0 Å². The smallest absolute Gasteiger partial charge is 0.336 e. The molecular formula is C16H12O6. The summed E-state index contributed by atoms with van der Waals surface area (Å²) in [4.78, 5) is 34.8. The first-order chi connectivity index (χ1) is 10.5. The van der Waals surface area contributed by atoms with E-state index in [4.69, 9.17) is 14.9 Å². The third-order valence-corrected chi connectivity index (χ3v) is 3.09. The number of carboxylic acid groups (broad SMARTS) is 2. The molecule has 0 heterocycles. The number of hydrogen-bond acceptors (Lipinski definition) is 4. The number of carbonyl (C=O) groups is 3. The lowest BCUT2D eigenvalue weighted by molar-refractivity contribution is 0.0683. The lowest BCUT2D eigenvalue weighted by Gasteiger charge is -2.10. The van der Waals surface area contributed by atoms with Crippen LogP contribution in [0.25, 0.3) is 0 Å². The van der Waals surface area contributed by atoms with E-state index in [1.165, 1.54) is 49.6 Å². The van der Waals surface area contributed by atoms with Crippen molar-refractivity contribution >= 4 is 17.7 Å². The van der Waals surface area contributed by atoms with E-state index in [1.54, 1.807) is 0 Å². The molecule has 2 N–H and O–H groups in total. The molecule has 0 radical (unpaired) electrons.